The van der Waals surface area contributed by atoms with Crippen molar-refractivity contribution in [1.29, 1.82) is 0 Å². The Labute approximate surface area is 125 Å². The maximum Gasteiger partial charge on any atom is 0.0926 e. The van der Waals surface area contributed by atoms with E-state index in [1.807, 2.05) is 7.11 Å². The summed E-state index contributed by atoms with van der Waals surface area (Å²) in [7, 11) is 1.82. The molecule has 21 heavy (non-hydrogen) atoms. The van der Waals surface area contributed by atoms with Crippen LogP contribution in [0.15, 0.2) is 18.2 Å². The van der Waals surface area contributed by atoms with Gasteiger partial charge < -0.3 is 4.74 Å². The molecule has 2 aromatic rings. The van der Waals surface area contributed by atoms with E-state index in [0.717, 1.165) is 31.6 Å². The van der Waals surface area contributed by atoms with Gasteiger partial charge in [-0.15, -0.1) is 0 Å². The smallest absolute Gasteiger partial charge is 0.0926 e. The van der Waals surface area contributed by atoms with Crippen LogP contribution >= 0.6 is 0 Å². The quantitative estimate of drug-likeness (QED) is 0.942. The molecular formula is C17H23N3O. The zero-order valence-electron chi connectivity index (χ0n) is 12.8. The first-order valence-electron chi connectivity index (χ1n) is 8.00. The topological polar surface area (TPSA) is 41.1 Å². The lowest BCUT2D eigenvalue weighted by atomic mass is 9.73. The molecule has 0 saturated carbocycles. The summed E-state index contributed by atoms with van der Waals surface area (Å²) >= 11 is 0. The number of piperidine rings is 1. The van der Waals surface area contributed by atoms with Gasteiger partial charge in [-0.2, -0.15) is 5.10 Å². The molecule has 0 spiro atoms. The Hall–Kier alpha value is -1.39. The summed E-state index contributed by atoms with van der Waals surface area (Å²) in [5.41, 5.74) is 3.94. The molecule has 1 aromatic carbocycles. The van der Waals surface area contributed by atoms with E-state index in [1.54, 1.807) is 0 Å². The van der Waals surface area contributed by atoms with Gasteiger partial charge in [-0.1, -0.05) is 19.1 Å². The molecule has 4 nitrogen and oxygen atoms in total. The Bertz CT molecular complexity index is 651. The predicted octanol–water partition coefficient (Wildman–Crippen LogP) is 2.56. The van der Waals surface area contributed by atoms with Crippen LogP contribution in [-0.4, -0.2) is 47.9 Å². The Morgan fingerprint density at radius 3 is 3.14 bits per heavy atom. The van der Waals surface area contributed by atoms with Crippen molar-refractivity contribution in [2.24, 2.45) is 5.92 Å². The van der Waals surface area contributed by atoms with Crippen LogP contribution in [0.25, 0.3) is 10.9 Å². The van der Waals surface area contributed by atoms with E-state index in [2.05, 4.69) is 40.2 Å². The fourth-order valence-corrected chi connectivity index (χ4v) is 4.47. The predicted molar refractivity (Wildman–Crippen MR) is 83.6 cm³/mol. The standard InChI is InChI=1S/C17H23N3O/c1-3-20-9-11(10-21-2)7-13-12-5-4-6-14-17(12)15(19-18-14)8-16(13)20/h4-6,11,13,16H,3,7-10H2,1-2H3,(H,18,19)/t11-,13?,16-/m1/s1. The number of hydrogen-bond acceptors (Lipinski definition) is 3. The van der Waals surface area contributed by atoms with Gasteiger partial charge in [-0.25, -0.2) is 0 Å². The van der Waals surface area contributed by atoms with E-state index < -0.39 is 0 Å². The Balaban J connectivity index is 1.78. The highest BCUT2D eigenvalue weighted by Gasteiger charge is 2.40. The first kappa shape index (κ1) is 13.3. The largest absolute Gasteiger partial charge is 0.384 e. The molecule has 1 aromatic heterocycles. The number of fused-ring (bicyclic) bond motifs is 2. The highest BCUT2D eigenvalue weighted by Crippen LogP contribution is 2.43. The average Bonchev–Trinajstić information content (AvgIpc) is 2.92. The SMILES string of the molecule is CCN1C[C@H](COC)CC2c3cccc4n[nH]c(c34)C[C@H]21. The summed E-state index contributed by atoms with van der Waals surface area (Å²) in [6.07, 6.45) is 2.34. The summed E-state index contributed by atoms with van der Waals surface area (Å²) < 4.78 is 5.44. The summed E-state index contributed by atoms with van der Waals surface area (Å²) in [4.78, 5) is 2.64. The Morgan fingerprint density at radius 1 is 1.43 bits per heavy atom. The number of likely N-dealkylation sites (tertiary alicyclic amines) is 1. The monoisotopic (exact) mass is 285 g/mol. The number of aromatic nitrogens is 2. The van der Waals surface area contributed by atoms with Crippen molar-refractivity contribution in [2.45, 2.75) is 31.7 Å². The third-order valence-electron chi connectivity index (χ3n) is 5.32. The van der Waals surface area contributed by atoms with Crippen molar-refractivity contribution in [3.63, 3.8) is 0 Å². The van der Waals surface area contributed by atoms with Gasteiger partial charge in [0, 0.05) is 43.1 Å². The Kier molecular flexibility index (Phi) is 3.23. The van der Waals surface area contributed by atoms with Crippen molar-refractivity contribution in [2.75, 3.05) is 26.8 Å². The van der Waals surface area contributed by atoms with Crippen molar-refractivity contribution < 1.29 is 4.74 Å². The van der Waals surface area contributed by atoms with Crippen LogP contribution < -0.4 is 0 Å². The summed E-state index contributed by atoms with van der Waals surface area (Å²) in [6, 6.07) is 7.19. The molecular weight excluding hydrogens is 262 g/mol. The molecule has 2 aliphatic rings. The minimum atomic E-state index is 0.613. The van der Waals surface area contributed by atoms with Crippen LogP contribution in [0.3, 0.4) is 0 Å². The highest BCUT2D eigenvalue weighted by atomic mass is 16.5. The second-order valence-corrected chi connectivity index (χ2v) is 6.47. The number of ether oxygens (including phenoxy) is 1. The maximum absolute atomic E-state index is 5.44. The van der Waals surface area contributed by atoms with Gasteiger partial charge in [0.2, 0.25) is 0 Å². The Morgan fingerprint density at radius 2 is 2.33 bits per heavy atom. The van der Waals surface area contributed by atoms with Crippen molar-refractivity contribution in [3.05, 3.63) is 29.5 Å². The minimum absolute atomic E-state index is 0.613. The molecule has 0 bridgehead atoms. The van der Waals surface area contributed by atoms with E-state index in [1.165, 1.54) is 23.1 Å². The van der Waals surface area contributed by atoms with Crippen molar-refractivity contribution >= 4 is 10.9 Å². The van der Waals surface area contributed by atoms with Gasteiger partial charge in [0.15, 0.2) is 0 Å². The molecule has 0 amide bonds. The van der Waals surface area contributed by atoms with Gasteiger partial charge >= 0.3 is 0 Å². The lowest BCUT2D eigenvalue weighted by Gasteiger charge is -2.46. The summed E-state index contributed by atoms with van der Waals surface area (Å²) in [5, 5.41) is 9.14. The highest BCUT2D eigenvalue weighted by molar-refractivity contribution is 5.86. The molecule has 0 radical (unpaired) electrons. The second kappa shape index (κ2) is 5.11. The minimum Gasteiger partial charge on any atom is -0.384 e. The zero-order valence-corrected chi connectivity index (χ0v) is 12.8. The molecule has 1 N–H and O–H groups in total. The first-order chi connectivity index (χ1) is 10.3. The fraction of sp³-hybridized carbons (Fsp3) is 0.588. The number of aromatic amines is 1. The van der Waals surface area contributed by atoms with E-state index in [4.69, 9.17) is 4.74 Å². The van der Waals surface area contributed by atoms with Crippen LogP contribution in [0.4, 0.5) is 0 Å². The van der Waals surface area contributed by atoms with Gasteiger partial charge in [0.25, 0.3) is 0 Å². The second-order valence-electron chi connectivity index (χ2n) is 6.47. The molecule has 1 saturated heterocycles. The van der Waals surface area contributed by atoms with Gasteiger partial charge in [0.1, 0.15) is 0 Å². The van der Waals surface area contributed by atoms with Crippen LogP contribution in [0.2, 0.25) is 0 Å². The number of rotatable bonds is 3. The first-order valence-corrected chi connectivity index (χ1v) is 8.00. The van der Waals surface area contributed by atoms with Crippen molar-refractivity contribution in [3.8, 4) is 0 Å². The molecule has 1 fully saturated rings. The number of methoxy groups -OCH3 is 1. The molecule has 4 heteroatoms. The summed E-state index contributed by atoms with van der Waals surface area (Å²) in [5.74, 6) is 1.26. The van der Waals surface area contributed by atoms with E-state index in [9.17, 15) is 0 Å². The van der Waals surface area contributed by atoms with Crippen LogP contribution in [0.5, 0.6) is 0 Å². The van der Waals surface area contributed by atoms with E-state index >= 15 is 0 Å². The van der Waals surface area contributed by atoms with Crippen molar-refractivity contribution in [1.82, 2.24) is 15.1 Å². The summed E-state index contributed by atoms with van der Waals surface area (Å²) in [6.45, 7) is 5.41. The zero-order chi connectivity index (χ0) is 14.4. The lowest BCUT2D eigenvalue weighted by molar-refractivity contribution is 0.0457. The number of likely N-dealkylation sites (N-methyl/N-ethyl adjacent to an activating group) is 1. The maximum atomic E-state index is 5.44. The van der Waals surface area contributed by atoms with E-state index in [0.29, 0.717) is 17.9 Å². The van der Waals surface area contributed by atoms with Gasteiger partial charge in [0.05, 0.1) is 12.1 Å². The number of H-pyrrole nitrogens is 1. The lowest BCUT2D eigenvalue weighted by Crippen LogP contribution is -2.50. The normalized spacial score (nSPS) is 28.8. The van der Waals surface area contributed by atoms with E-state index in [-0.39, 0.29) is 0 Å². The fourth-order valence-electron chi connectivity index (χ4n) is 4.47. The molecule has 1 unspecified atom stereocenters. The number of hydrogen-bond donors (Lipinski definition) is 1. The molecule has 3 atom stereocenters. The number of nitrogens with zero attached hydrogens (tertiary/aromatic N) is 2. The number of benzene rings is 1. The molecule has 1 aliphatic carbocycles. The number of nitrogens with one attached hydrogen (secondary N) is 1. The molecule has 1 aliphatic heterocycles. The van der Waals surface area contributed by atoms with Crippen LogP contribution in [0.1, 0.15) is 30.5 Å². The molecule has 112 valence electrons. The average molecular weight is 285 g/mol. The van der Waals surface area contributed by atoms with Crippen LogP contribution in [-0.2, 0) is 11.2 Å². The van der Waals surface area contributed by atoms with Gasteiger partial charge in [-0.05, 0) is 30.5 Å². The molecule has 4 rings (SSSR count). The third kappa shape index (κ3) is 2.00. The third-order valence-corrected chi connectivity index (χ3v) is 5.32. The van der Waals surface area contributed by atoms with Crippen LogP contribution in [0, 0.1) is 5.92 Å². The van der Waals surface area contributed by atoms with Gasteiger partial charge in [-0.3, -0.25) is 10.00 Å². The molecule has 2 heterocycles.